The van der Waals surface area contributed by atoms with Crippen molar-refractivity contribution in [3.8, 4) is 11.3 Å². The van der Waals surface area contributed by atoms with Gasteiger partial charge >= 0.3 is 0 Å². The van der Waals surface area contributed by atoms with E-state index in [-0.39, 0.29) is 5.82 Å². The van der Waals surface area contributed by atoms with Crippen LogP contribution in [0.4, 0.5) is 10.2 Å². The van der Waals surface area contributed by atoms with Gasteiger partial charge in [-0.15, -0.1) is 0 Å². The summed E-state index contributed by atoms with van der Waals surface area (Å²) < 4.78 is 15.4. The average Bonchev–Trinajstić information content (AvgIpc) is 2.83. The van der Waals surface area contributed by atoms with Crippen LogP contribution in [0.5, 0.6) is 0 Å². The van der Waals surface area contributed by atoms with E-state index >= 15 is 0 Å². The van der Waals surface area contributed by atoms with Crippen molar-refractivity contribution in [2.24, 2.45) is 0 Å². The normalized spacial score (nSPS) is 10.8. The maximum Gasteiger partial charge on any atom is 0.132 e. The molecule has 0 spiro atoms. The molecule has 2 aromatic carbocycles. The molecule has 3 rings (SSSR count). The van der Waals surface area contributed by atoms with Gasteiger partial charge in [-0.1, -0.05) is 35.9 Å². The molecule has 0 aliphatic heterocycles. The quantitative estimate of drug-likeness (QED) is 0.795. The third kappa shape index (κ3) is 2.90. The zero-order valence-electron chi connectivity index (χ0n) is 11.1. The van der Waals surface area contributed by atoms with E-state index in [4.69, 9.17) is 17.3 Å². The van der Waals surface area contributed by atoms with Crippen molar-refractivity contribution in [1.29, 1.82) is 0 Å². The summed E-state index contributed by atoms with van der Waals surface area (Å²) in [5.74, 6) is 0.178. The summed E-state index contributed by atoms with van der Waals surface area (Å²) in [4.78, 5) is 0. The van der Waals surface area contributed by atoms with Gasteiger partial charge in [0, 0.05) is 16.7 Å². The fourth-order valence-electron chi connectivity index (χ4n) is 2.12. The van der Waals surface area contributed by atoms with Crippen LogP contribution in [0.25, 0.3) is 11.3 Å². The van der Waals surface area contributed by atoms with Crippen molar-refractivity contribution < 1.29 is 4.39 Å². The van der Waals surface area contributed by atoms with Gasteiger partial charge in [0.1, 0.15) is 11.6 Å². The number of hydrogen-bond donors (Lipinski definition) is 1. The number of anilines is 1. The number of rotatable bonds is 3. The Bertz CT molecular complexity index is 765. The van der Waals surface area contributed by atoms with E-state index in [0.717, 1.165) is 5.56 Å². The molecule has 3 aromatic rings. The van der Waals surface area contributed by atoms with Crippen LogP contribution in [0.1, 0.15) is 5.56 Å². The first-order valence-corrected chi connectivity index (χ1v) is 6.84. The number of nitrogens with two attached hydrogens (primary N) is 1. The van der Waals surface area contributed by atoms with Gasteiger partial charge in [0.05, 0.1) is 12.2 Å². The molecular formula is C16H13ClFN3. The first kappa shape index (κ1) is 13.6. The molecule has 106 valence electrons. The Balaban J connectivity index is 1.91. The maximum atomic E-state index is 13.8. The Hall–Kier alpha value is -2.33. The van der Waals surface area contributed by atoms with Gasteiger partial charge in [-0.05, 0) is 29.8 Å². The minimum Gasteiger partial charge on any atom is -0.384 e. The molecule has 0 saturated carbocycles. The fourth-order valence-corrected chi connectivity index (χ4v) is 2.25. The van der Waals surface area contributed by atoms with Crippen LogP contribution in [0.15, 0.2) is 54.6 Å². The fraction of sp³-hybridized carbons (Fsp3) is 0.0625. The molecule has 21 heavy (non-hydrogen) atoms. The van der Waals surface area contributed by atoms with Crippen molar-refractivity contribution >= 4 is 17.4 Å². The number of halogens is 2. The highest BCUT2D eigenvalue weighted by atomic mass is 35.5. The van der Waals surface area contributed by atoms with E-state index in [1.807, 2.05) is 24.3 Å². The van der Waals surface area contributed by atoms with Gasteiger partial charge in [0.15, 0.2) is 0 Å². The van der Waals surface area contributed by atoms with Gasteiger partial charge in [-0.2, -0.15) is 5.10 Å². The summed E-state index contributed by atoms with van der Waals surface area (Å²) in [6, 6.07) is 15.6. The van der Waals surface area contributed by atoms with Gasteiger partial charge in [-0.25, -0.2) is 9.07 Å². The Labute approximate surface area is 126 Å². The first-order chi connectivity index (χ1) is 10.1. The van der Waals surface area contributed by atoms with Crippen molar-refractivity contribution in [3.05, 3.63) is 71.0 Å². The molecule has 5 heteroatoms. The molecular weight excluding hydrogens is 289 g/mol. The molecule has 0 radical (unpaired) electrons. The summed E-state index contributed by atoms with van der Waals surface area (Å²) in [6.07, 6.45) is 0. The number of aromatic nitrogens is 2. The van der Waals surface area contributed by atoms with Crippen molar-refractivity contribution in [2.75, 3.05) is 5.73 Å². The molecule has 0 atom stereocenters. The van der Waals surface area contributed by atoms with E-state index in [1.54, 1.807) is 28.9 Å². The van der Waals surface area contributed by atoms with Gasteiger partial charge in [0.25, 0.3) is 0 Å². The number of hydrogen-bond acceptors (Lipinski definition) is 2. The number of nitrogen functional groups attached to an aromatic ring is 1. The molecule has 0 aliphatic carbocycles. The lowest BCUT2D eigenvalue weighted by Gasteiger charge is -2.04. The molecule has 0 amide bonds. The van der Waals surface area contributed by atoms with Crippen LogP contribution >= 0.6 is 11.6 Å². The van der Waals surface area contributed by atoms with Crippen LogP contribution < -0.4 is 5.73 Å². The van der Waals surface area contributed by atoms with E-state index in [2.05, 4.69) is 5.10 Å². The summed E-state index contributed by atoms with van der Waals surface area (Å²) >= 11 is 5.86. The first-order valence-electron chi connectivity index (χ1n) is 6.46. The second kappa shape index (κ2) is 5.58. The predicted molar refractivity (Wildman–Crippen MR) is 82.6 cm³/mol. The van der Waals surface area contributed by atoms with E-state index in [0.29, 0.717) is 28.6 Å². The van der Waals surface area contributed by atoms with Gasteiger partial charge < -0.3 is 5.73 Å². The van der Waals surface area contributed by atoms with E-state index in [9.17, 15) is 4.39 Å². The highest BCUT2D eigenvalue weighted by Gasteiger charge is 2.11. The van der Waals surface area contributed by atoms with Crippen molar-refractivity contribution in [2.45, 2.75) is 6.54 Å². The predicted octanol–water partition coefficient (Wildman–Crippen LogP) is 3.97. The molecule has 0 bridgehead atoms. The monoisotopic (exact) mass is 301 g/mol. The Morgan fingerprint density at radius 1 is 1.10 bits per heavy atom. The van der Waals surface area contributed by atoms with Crippen LogP contribution in [-0.4, -0.2) is 9.78 Å². The summed E-state index contributed by atoms with van der Waals surface area (Å²) in [5.41, 5.74) is 7.95. The maximum absolute atomic E-state index is 13.8. The second-order valence-electron chi connectivity index (χ2n) is 4.72. The Morgan fingerprint density at radius 3 is 2.52 bits per heavy atom. The van der Waals surface area contributed by atoms with Crippen LogP contribution in [-0.2, 0) is 6.54 Å². The molecule has 0 fully saturated rings. The smallest absolute Gasteiger partial charge is 0.132 e. The minimum absolute atomic E-state index is 0.311. The summed E-state index contributed by atoms with van der Waals surface area (Å²) in [7, 11) is 0. The van der Waals surface area contributed by atoms with Crippen molar-refractivity contribution in [3.63, 3.8) is 0 Å². The number of benzene rings is 2. The van der Waals surface area contributed by atoms with Crippen LogP contribution in [0.3, 0.4) is 0 Å². The van der Waals surface area contributed by atoms with E-state index < -0.39 is 0 Å². The standard InChI is InChI=1S/C16H13ClFN3/c17-12-7-5-11(6-8-12)10-21-16(19)9-15(20-21)13-3-1-2-4-14(13)18/h1-9H,10,19H2. The molecule has 0 unspecified atom stereocenters. The minimum atomic E-state index is -0.311. The molecule has 1 aromatic heterocycles. The van der Waals surface area contributed by atoms with Crippen molar-refractivity contribution in [1.82, 2.24) is 9.78 Å². The lowest BCUT2D eigenvalue weighted by atomic mass is 10.1. The lowest BCUT2D eigenvalue weighted by molar-refractivity contribution is 0.629. The molecule has 0 aliphatic rings. The largest absolute Gasteiger partial charge is 0.384 e. The summed E-state index contributed by atoms with van der Waals surface area (Å²) in [5, 5.41) is 5.06. The third-order valence-corrected chi connectivity index (χ3v) is 3.46. The molecule has 3 nitrogen and oxygen atoms in total. The highest BCUT2D eigenvalue weighted by molar-refractivity contribution is 6.30. The van der Waals surface area contributed by atoms with E-state index in [1.165, 1.54) is 6.07 Å². The molecule has 2 N–H and O–H groups in total. The van der Waals surface area contributed by atoms with Crippen LogP contribution in [0.2, 0.25) is 5.02 Å². The molecule has 1 heterocycles. The Kier molecular flexibility index (Phi) is 3.62. The Morgan fingerprint density at radius 2 is 1.81 bits per heavy atom. The second-order valence-corrected chi connectivity index (χ2v) is 5.15. The number of nitrogens with zero attached hydrogens (tertiary/aromatic N) is 2. The zero-order valence-corrected chi connectivity index (χ0v) is 11.9. The third-order valence-electron chi connectivity index (χ3n) is 3.21. The average molecular weight is 302 g/mol. The molecule has 0 saturated heterocycles. The lowest BCUT2D eigenvalue weighted by Crippen LogP contribution is -2.05. The van der Waals surface area contributed by atoms with Crippen LogP contribution in [0, 0.1) is 5.82 Å². The topological polar surface area (TPSA) is 43.8 Å². The van der Waals surface area contributed by atoms with Gasteiger partial charge in [0.2, 0.25) is 0 Å². The van der Waals surface area contributed by atoms with Gasteiger partial charge in [-0.3, -0.25) is 0 Å². The SMILES string of the molecule is Nc1cc(-c2ccccc2F)nn1Cc1ccc(Cl)cc1. The summed E-state index contributed by atoms with van der Waals surface area (Å²) in [6.45, 7) is 0.511. The highest BCUT2D eigenvalue weighted by Crippen LogP contribution is 2.23. The zero-order chi connectivity index (χ0) is 14.8.